The van der Waals surface area contributed by atoms with E-state index in [4.69, 9.17) is 9.84 Å². The second-order valence-corrected chi connectivity index (χ2v) is 12.8. The number of aliphatic hydroxyl groups excluding tert-OH is 1. The molecular weight excluding hydrogens is 611 g/mol. The number of rotatable bonds is 10. The fourth-order valence-corrected chi connectivity index (χ4v) is 5.89. The molecule has 0 aliphatic carbocycles. The second kappa shape index (κ2) is 13.9. The van der Waals surface area contributed by atoms with Gasteiger partial charge in [-0.2, -0.15) is 4.89 Å². The molecule has 0 spiro atoms. The fourth-order valence-electron chi connectivity index (χ4n) is 4.63. The van der Waals surface area contributed by atoms with Crippen molar-refractivity contribution in [2.45, 2.75) is 17.6 Å². The van der Waals surface area contributed by atoms with Gasteiger partial charge in [0.2, 0.25) is 5.91 Å². The van der Waals surface area contributed by atoms with Crippen LogP contribution < -0.4 is 20.4 Å². The number of urea groups is 1. The van der Waals surface area contributed by atoms with Crippen LogP contribution in [0.5, 0.6) is 0 Å². The summed E-state index contributed by atoms with van der Waals surface area (Å²) in [6, 6.07) is 9.47. The molecule has 2 saturated heterocycles. The minimum atomic E-state index is -3.29. The summed E-state index contributed by atoms with van der Waals surface area (Å²) in [5.74, 6) is -0.932. The Morgan fingerprint density at radius 2 is 1.79 bits per heavy atom. The maximum atomic E-state index is 15.0. The minimum absolute atomic E-state index is 0.0450. The Balaban J connectivity index is 1.26. The van der Waals surface area contributed by atoms with E-state index in [9.17, 15) is 38.7 Å². The van der Waals surface area contributed by atoms with Gasteiger partial charge in [0.1, 0.15) is 18.5 Å². The van der Waals surface area contributed by atoms with Gasteiger partial charge in [-0.25, -0.2) is 14.0 Å². The standard InChI is InChI=1S/C25H30FN5O10P2/c26-20-11-18(5-6-21(20)29-7-9-30(10-8-29)22(33)15-32)31-14-19(41-24(31)35)13-27-23(34)28-17-3-1-16(2-4-17)12-25(36,42(37)38)43(39)40/h1-6,11,19,32,36-38H,7-10,12-15H2,(H2-,27,28,34,39,40)/p+1/t19-,25?/m0/s1. The number of halogens is 1. The maximum absolute atomic E-state index is 15.0. The molecule has 0 saturated carbocycles. The highest BCUT2D eigenvalue weighted by Crippen LogP contribution is 2.55. The molecule has 0 radical (unpaired) electrons. The Hall–Kier alpha value is -3.49. The molecule has 0 aromatic heterocycles. The highest BCUT2D eigenvalue weighted by Gasteiger charge is 2.55. The molecule has 3 atom stereocenters. The van der Waals surface area contributed by atoms with Gasteiger partial charge >= 0.3 is 25.2 Å². The third kappa shape index (κ3) is 7.73. The molecule has 2 aliphatic heterocycles. The fraction of sp³-hybridized carbons (Fsp3) is 0.400. The third-order valence-electron chi connectivity index (χ3n) is 7.00. The minimum Gasteiger partial charge on any atom is -0.442 e. The molecule has 2 unspecified atom stereocenters. The lowest BCUT2D eigenvalue weighted by Gasteiger charge is -2.36. The van der Waals surface area contributed by atoms with E-state index in [1.54, 1.807) is 17.0 Å². The molecule has 7 N–H and O–H groups in total. The molecule has 15 nitrogen and oxygen atoms in total. The number of amides is 4. The van der Waals surface area contributed by atoms with Gasteiger partial charge in [0.25, 0.3) is 8.38 Å². The Labute approximate surface area is 247 Å². The number of hydrogen-bond acceptors (Lipinski definition) is 10. The van der Waals surface area contributed by atoms with E-state index >= 15 is 4.39 Å². The average molecular weight is 642 g/mol. The van der Waals surface area contributed by atoms with E-state index in [2.05, 4.69) is 10.6 Å². The Bertz CT molecular complexity index is 1360. The number of nitrogens with one attached hydrogen (secondary N) is 2. The lowest BCUT2D eigenvalue weighted by Crippen LogP contribution is -2.49. The van der Waals surface area contributed by atoms with Crippen molar-refractivity contribution in [3.63, 3.8) is 0 Å². The maximum Gasteiger partial charge on any atom is 0.551 e. The number of ether oxygens (including phenoxy) is 1. The zero-order valence-electron chi connectivity index (χ0n) is 22.7. The number of cyclic esters (lactones) is 1. The molecule has 0 bridgehead atoms. The van der Waals surface area contributed by atoms with Crippen molar-refractivity contribution in [1.29, 1.82) is 0 Å². The van der Waals surface area contributed by atoms with Crippen molar-refractivity contribution >= 4 is 51.5 Å². The number of carbonyl (C=O) groups excluding carboxylic acids is 3. The van der Waals surface area contributed by atoms with Crippen LogP contribution in [0.1, 0.15) is 5.56 Å². The van der Waals surface area contributed by atoms with Gasteiger partial charge in [-0.1, -0.05) is 12.1 Å². The lowest BCUT2D eigenvalue weighted by atomic mass is 10.1. The van der Waals surface area contributed by atoms with Crippen molar-refractivity contribution < 1.29 is 53.0 Å². The zero-order valence-corrected chi connectivity index (χ0v) is 24.5. The summed E-state index contributed by atoms with van der Waals surface area (Å²) in [6.07, 6.45) is -1.92. The highest BCUT2D eigenvalue weighted by molar-refractivity contribution is 7.62. The summed E-state index contributed by atoms with van der Waals surface area (Å²) < 4.78 is 31.7. The second-order valence-electron chi connectivity index (χ2n) is 9.82. The van der Waals surface area contributed by atoms with Crippen LogP contribution in [-0.2, 0) is 20.5 Å². The summed E-state index contributed by atoms with van der Waals surface area (Å²) in [5.41, 5.74) is 1.25. The summed E-state index contributed by atoms with van der Waals surface area (Å²) in [4.78, 5) is 68.9. The van der Waals surface area contributed by atoms with Gasteiger partial charge < -0.3 is 45.2 Å². The van der Waals surface area contributed by atoms with Crippen LogP contribution in [0, 0.1) is 5.82 Å². The van der Waals surface area contributed by atoms with Gasteiger partial charge in [0, 0.05) is 31.9 Å². The van der Waals surface area contributed by atoms with Crippen molar-refractivity contribution in [2.75, 3.05) is 61.0 Å². The molecule has 2 aliphatic rings. The molecule has 18 heteroatoms. The molecule has 2 aromatic carbocycles. The Morgan fingerprint density at radius 1 is 1.12 bits per heavy atom. The average Bonchev–Trinajstić information content (AvgIpc) is 3.36. The molecule has 2 heterocycles. The lowest BCUT2D eigenvalue weighted by molar-refractivity contribution is -0.134. The van der Waals surface area contributed by atoms with Gasteiger partial charge in [-0.15, -0.1) is 0 Å². The van der Waals surface area contributed by atoms with Gasteiger partial charge in [0.05, 0.1) is 30.9 Å². The topological polar surface area (TPSA) is 212 Å². The van der Waals surface area contributed by atoms with Crippen LogP contribution in [0.3, 0.4) is 0 Å². The Kier molecular flexibility index (Phi) is 10.5. The van der Waals surface area contributed by atoms with Crippen LogP contribution in [0.4, 0.5) is 31.0 Å². The largest absolute Gasteiger partial charge is 0.551 e. The number of anilines is 3. The molecule has 43 heavy (non-hydrogen) atoms. The van der Waals surface area contributed by atoms with Crippen molar-refractivity contribution in [1.82, 2.24) is 10.2 Å². The zero-order chi connectivity index (χ0) is 31.3. The monoisotopic (exact) mass is 642 g/mol. The van der Waals surface area contributed by atoms with Crippen molar-refractivity contribution in [3.05, 3.63) is 53.8 Å². The molecule has 4 amide bonds. The van der Waals surface area contributed by atoms with Gasteiger partial charge in [0.15, 0.2) is 0 Å². The first-order valence-electron chi connectivity index (χ1n) is 13.0. The first kappa shape index (κ1) is 32.4. The molecule has 4 rings (SSSR count). The molecule has 232 valence electrons. The van der Waals surface area contributed by atoms with Crippen molar-refractivity contribution in [3.8, 4) is 0 Å². The van der Waals surface area contributed by atoms with Crippen LogP contribution in [0.25, 0.3) is 0 Å². The third-order valence-corrected chi connectivity index (χ3v) is 9.61. The summed E-state index contributed by atoms with van der Waals surface area (Å²) in [5, 5.41) is 21.6. The number of benzene rings is 2. The number of hydrogen-bond donors (Lipinski definition) is 7. The number of carbonyl (C=O) groups is 3. The first-order chi connectivity index (χ1) is 20.4. The number of piperazine rings is 1. The van der Waals surface area contributed by atoms with Gasteiger partial charge in [-0.05, 0) is 40.5 Å². The van der Waals surface area contributed by atoms with Crippen LogP contribution in [0.2, 0.25) is 0 Å². The van der Waals surface area contributed by atoms with E-state index in [-0.39, 0.29) is 24.7 Å². The highest BCUT2D eigenvalue weighted by atomic mass is 31.2. The predicted molar refractivity (Wildman–Crippen MR) is 153 cm³/mol. The normalized spacial score (nSPS) is 18.8. The van der Waals surface area contributed by atoms with E-state index in [0.29, 0.717) is 43.1 Å². The summed E-state index contributed by atoms with van der Waals surface area (Å²) in [6.45, 7) is 0.910. The molecule has 2 fully saturated rings. The first-order valence-corrected chi connectivity index (χ1v) is 15.5. The Morgan fingerprint density at radius 3 is 2.37 bits per heavy atom. The van der Waals surface area contributed by atoms with E-state index in [0.717, 1.165) is 0 Å². The van der Waals surface area contributed by atoms with Crippen LogP contribution in [0.15, 0.2) is 42.5 Å². The van der Waals surface area contributed by atoms with Crippen LogP contribution in [-0.4, -0.2) is 105 Å². The number of nitrogens with zero attached hydrogens (tertiary/aromatic N) is 3. The van der Waals surface area contributed by atoms with Crippen molar-refractivity contribution in [2.24, 2.45) is 0 Å². The molecule has 2 aromatic rings. The summed E-state index contributed by atoms with van der Waals surface area (Å²) in [7, 11) is -6.40. The smallest absolute Gasteiger partial charge is 0.442 e. The quantitative estimate of drug-likeness (QED) is 0.180. The van der Waals surface area contributed by atoms with Gasteiger partial charge in [-0.3, -0.25) is 9.69 Å². The predicted octanol–water partition coefficient (Wildman–Crippen LogP) is 0.833. The van der Waals surface area contributed by atoms with E-state index < -0.39 is 58.6 Å². The SMILES string of the molecule is O=C(NC[C@H]1CN(c2ccc(N3CCN(C(=O)CO)CC3)c(F)c2)C(=O)O1)Nc1ccc(CC(O)(P(O)O)[P+](=O)O)cc1. The van der Waals surface area contributed by atoms with E-state index in [1.807, 2.05) is 0 Å². The number of aliphatic hydroxyl groups is 2. The summed E-state index contributed by atoms with van der Waals surface area (Å²) >= 11 is 0. The van der Waals surface area contributed by atoms with E-state index in [1.165, 1.54) is 40.1 Å². The van der Waals surface area contributed by atoms with Crippen LogP contribution >= 0.6 is 16.4 Å². The molecular formula is C25H31FN5O10P2+.